The summed E-state index contributed by atoms with van der Waals surface area (Å²) in [7, 11) is -3.48. The number of aromatic nitrogens is 1. The van der Waals surface area contributed by atoms with Gasteiger partial charge in [-0.25, -0.2) is 4.98 Å². The molecule has 1 unspecified atom stereocenters. The van der Waals surface area contributed by atoms with Gasteiger partial charge >= 0.3 is 10.2 Å². The second kappa shape index (κ2) is 5.76. The molecule has 1 aliphatic rings. The molecule has 106 valence electrons. The summed E-state index contributed by atoms with van der Waals surface area (Å²) < 4.78 is 29.5. The smallest absolute Gasteiger partial charge is 0.269 e. The molecule has 1 aromatic rings. The van der Waals surface area contributed by atoms with Crippen molar-refractivity contribution < 1.29 is 8.42 Å². The summed E-state index contributed by atoms with van der Waals surface area (Å²) in [6.45, 7) is 5.02. The number of anilines is 1. The Hall–Kier alpha value is -0.660. The van der Waals surface area contributed by atoms with Crippen molar-refractivity contribution in [1.29, 1.82) is 0 Å². The normalized spacial score (nSPS) is 21.3. The highest BCUT2D eigenvalue weighted by atomic mass is 79.9. The molecule has 0 aliphatic carbocycles. The third-order valence-electron chi connectivity index (χ3n) is 3.25. The molecule has 0 radical (unpaired) electrons. The molecule has 7 heteroatoms. The van der Waals surface area contributed by atoms with Gasteiger partial charge in [-0.15, -0.1) is 0 Å². The minimum atomic E-state index is -3.48. The van der Waals surface area contributed by atoms with Crippen molar-refractivity contribution in [3.8, 4) is 0 Å². The largest absolute Gasteiger partial charge is 0.301 e. The van der Waals surface area contributed by atoms with E-state index in [1.54, 1.807) is 19.1 Å². The van der Waals surface area contributed by atoms with Crippen molar-refractivity contribution in [2.75, 3.05) is 17.8 Å². The van der Waals surface area contributed by atoms with E-state index in [2.05, 4.69) is 32.6 Å². The van der Waals surface area contributed by atoms with Crippen molar-refractivity contribution in [3.63, 3.8) is 0 Å². The zero-order valence-corrected chi connectivity index (χ0v) is 13.5. The van der Waals surface area contributed by atoms with Gasteiger partial charge < -0.3 is 0 Å². The Morgan fingerprint density at radius 2 is 2.21 bits per heavy atom. The molecule has 19 heavy (non-hydrogen) atoms. The molecular formula is C12H18BrN3O2S. The first-order valence-electron chi connectivity index (χ1n) is 6.29. The maximum absolute atomic E-state index is 12.3. The molecule has 0 bridgehead atoms. The number of hydrogen-bond acceptors (Lipinski definition) is 3. The fourth-order valence-corrected chi connectivity index (χ4v) is 4.05. The van der Waals surface area contributed by atoms with Crippen LogP contribution in [0.2, 0.25) is 0 Å². The van der Waals surface area contributed by atoms with Crippen molar-refractivity contribution in [3.05, 3.63) is 22.4 Å². The predicted molar refractivity (Wildman–Crippen MR) is 79.2 cm³/mol. The Balaban J connectivity index is 2.16. The first-order chi connectivity index (χ1) is 8.88. The molecule has 1 fully saturated rings. The second-order valence-electron chi connectivity index (χ2n) is 4.98. The van der Waals surface area contributed by atoms with E-state index in [9.17, 15) is 8.42 Å². The summed E-state index contributed by atoms with van der Waals surface area (Å²) in [5, 5.41) is 0. The van der Waals surface area contributed by atoms with E-state index in [-0.39, 0.29) is 0 Å². The highest BCUT2D eigenvalue weighted by molar-refractivity contribution is 9.10. The standard InChI is InChI=1S/C12H18BrN3O2S/c1-9-4-3-7-16(8-9)19(17,18)15-11-5-6-12(13)14-10(11)2/h5-6,9,15H,3-4,7-8H2,1-2H3. The van der Waals surface area contributed by atoms with E-state index >= 15 is 0 Å². The number of halogens is 1. The average Bonchev–Trinajstić information content (AvgIpc) is 2.33. The van der Waals surface area contributed by atoms with Gasteiger partial charge in [0, 0.05) is 13.1 Å². The molecule has 0 saturated carbocycles. The fraction of sp³-hybridized carbons (Fsp3) is 0.583. The van der Waals surface area contributed by atoms with E-state index in [1.165, 1.54) is 4.31 Å². The molecule has 2 heterocycles. The van der Waals surface area contributed by atoms with Gasteiger partial charge in [0.2, 0.25) is 0 Å². The Morgan fingerprint density at radius 3 is 2.84 bits per heavy atom. The number of piperidine rings is 1. The van der Waals surface area contributed by atoms with Crippen LogP contribution in [0.3, 0.4) is 0 Å². The Morgan fingerprint density at radius 1 is 1.47 bits per heavy atom. The molecule has 1 aliphatic heterocycles. The summed E-state index contributed by atoms with van der Waals surface area (Å²) in [6.07, 6.45) is 2.00. The lowest BCUT2D eigenvalue weighted by Gasteiger charge is -2.30. The van der Waals surface area contributed by atoms with Crippen LogP contribution in [-0.4, -0.2) is 30.8 Å². The number of pyridine rings is 1. The maximum Gasteiger partial charge on any atom is 0.301 e. The Labute approximate surface area is 122 Å². The average molecular weight is 348 g/mol. The van der Waals surface area contributed by atoms with Gasteiger partial charge in [0.15, 0.2) is 0 Å². The van der Waals surface area contributed by atoms with Gasteiger partial charge in [-0.2, -0.15) is 12.7 Å². The molecule has 1 atom stereocenters. The quantitative estimate of drug-likeness (QED) is 0.854. The van der Waals surface area contributed by atoms with Crippen molar-refractivity contribution in [2.24, 2.45) is 5.92 Å². The van der Waals surface area contributed by atoms with Gasteiger partial charge in [0.05, 0.1) is 11.4 Å². The molecule has 1 N–H and O–H groups in total. The van der Waals surface area contributed by atoms with Crippen molar-refractivity contribution >= 4 is 31.8 Å². The monoisotopic (exact) mass is 347 g/mol. The lowest BCUT2D eigenvalue weighted by molar-refractivity contribution is 0.282. The van der Waals surface area contributed by atoms with Gasteiger partial charge in [-0.1, -0.05) is 6.92 Å². The second-order valence-corrected chi connectivity index (χ2v) is 7.46. The van der Waals surface area contributed by atoms with Crippen molar-refractivity contribution in [2.45, 2.75) is 26.7 Å². The molecule has 1 aromatic heterocycles. The highest BCUT2D eigenvalue weighted by Gasteiger charge is 2.27. The zero-order chi connectivity index (χ0) is 14.0. The van der Waals surface area contributed by atoms with E-state index in [4.69, 9.17) is 0 Å². The van der Waals surface area contributed by atoms with Gasteiger partial charge in [-0.3, -0.25) is 4.72 Å². The Bertz CT molecular complexity index is 562. The summed E-state index contributed by atoms with van der Waals surface area (Å²) in [5.74, 6) is 0.412. The summed E-state index contributed by atoms with van der Waals surface area (Å²) in [6, 6.07) is 3.45. The number of nitrogens with one attached hydrogen (secondary N) is 1. The van der Waals surface area contributed by atoms with Crippen LogP contribution in [-0.2, 0) is 10.2 Å². The highest BCUT2D eigenvalue weighted by Crippen LogP contribution is 2.22. The van der Waals surface area contributed by atoms with Gasteiger partial charge in [0.1, 0.15) is 4.60 Å². The zero-order valence-electron chi connectivity index (χ0n) is 11.1. The lowest BCUT2D eigenvalue weighted by atomic mass is 10.0. The van der Waals surface area contributed by atoms with Gasteiger partial charge in [-0.05, 0) is 53.7 Å². The number of hydrogen-bond donors (Lipinski definition) is 1. The Kier molecular flexibility index (Phi) is 4.47. The van der Waals surface area contributed by atoms with Crippen LogP contribution in [0, 0.1) is 12.8 Å². The molecule has 1 saturated heterocycles. The van der Waals surface area contributed by atoms with Crippen LogP contribution < -0.4 is 4.72 Å². The molecule has 0 spiro atoms. The summed E-state index contributed by atoms with van der Waals surface area (Å²) >= 11 is 3.26. The first kappa shape index (κ1) is 14.7. The van der Waals surface area contributed by atoms with Gasteiger partial charge in [0.25, 0.3) is 0 Å². The third kappa shape index (κ3) is 3.67. The SMILES string of the molecule is Cc1nc(Br)ccc1NS(=O)(=O)N1CCCC(C)C1. The molecular weight excluding hydrogens is 330 g/mol. The van der Waals surface area contributed by atoms with E-state index < -0.39 is 10.2 Å². The van der Waals surface area contributed by atoms with Crippen LogP contribution in [0.15, 0.2) is 16.7 Å². The van der Waals surface area contributed by atoms with Crippen molar-refractivity contribution in [1.82, 2.24) is 9.29 Å². The molecule has 0 amide bonds. The van der Waals surface area contributed by atoms with E-state index in [1.807, 2.05) is 0 Å². The first-order valence-corrected chi connectivity index (χ1v) is 8.53. The predicted octanol–water partition coefficient (Wildman–Crippen LogP) is 2.54. The minimum Gasteiger partial charge on any atom is -0.269 e. The molecule has 0 aromatic carbocycles. The number of nitrogens with zero attached hydrogens (tertiary/aromatic N) is 2. The van der Waals surface area contributed by atoms with Crippen LogP contribution in [0.1, 0.15) is 25.5 Å². The summed E-state index contributed by atoms with van der Waals surface area (Å²) in [5.41, 5.74) is 1.18. The van der Waals surface area contributed by atoms with E-state index in [0.29, 0.717) is 35.0 Å². The van der Waals surface area contributed by atoms with Crippen LogP contribution in [0.5, 0.6) is 0 Å². The third-order valence-corrected chi connectivity index (χ3v) is 5.18. The van der Waals surface area contributed by atoms with E-state index in [0.717, 1.165) is 12.8 Å². The fourth-order valence-electron chi connectivity index (χ4n) is 2.21. The topological polar surface area (TPSA) is 62.3 Å². The minimum absolute atomic E-state index is 0.412. The maximum atomic E-state index is 12.3. The van der Waals surface area contributed by atoms with Crippen LogP contribution >= 0.6 is 15.9 Å². The van der Waals surface area contributed by atoms with Crippen LogP contribution in [0.25, 0.3) is 0 Å². The summed E-state index contributed by atoms with van der Waals surface area (Å²) in [4.78, 5) is 4.19. The molecule has 5 nitrogen and oxygen atoms in total. The lowest BCUT2D eigenvalue weighted by Crippen LogP contribution is -2.42. The number of aryl methyl sites for hydroxylation is 1. The number of rotatable bonds is 3. The molecule has 2 rings (SSSR count). The van der Waals surface area contributed by atoms with Crippen LogP contribution in [0.4, 0.5) is 5.69 Å².